The van der Waals surface area contributed by atoms with Crippen molar-refractivity contribution in [2.45, 2.75) is 18.8 Å². The molecule has 1 aromatic carbocycles. The van der Waals surface area contributed by atoms with Gasteiger partial charge in [-0.05, 0) is 25.0 Å². The highest BCUT2D eigenvalue weighted by molar-refractivity contribution is 6.05. The van der Waals surface area contributed by atoms with E-state index < -0.39 is 18.4 Å². The lowest BCUT2D eigenvalue weighted by molar-refractivity contribution is -0.135. The SMILES string of the molecule is O=C(O)CN(C(=O)c1n[nH]c(C2CC2)n1)c1ccccc1. The number of rotatable bonds is 5. The number of benzene rings is 1. The topological polar surface area (TPSA) is 99.2 Å². The number of nitrogens with zero attached hydrogens (tertiary/aromatic N) is 3. The monoisotopic (exact) mass is 286 g/mol. The van der Waals surface area contributed by atoms with Crippen molar-refractivity contribution in [3.05, 3.63) is 42.0 Å². The Labute approximate surface area is 120 Å². The van der Waals surface area contributed by atoms with E-state index in [2.05, 4.69) is 15.2 Å². The molecule has 1 fully saturated rings. The minimum atomic E-state index is -1.09. The third kappa shape index (κ3) is 2.91. The number of carboxylic acid groups (broad SMARTS) is 1. The first kappa shape index (κ1) is 13.3. The maximum absolute atomic E-state index is 12.5. The Balaban J connectivity index is 1.87. The summed E-state index contributed by atoms with van der Waals surface area (Å²) in [4.78, 5) is 28.8. The molecule has 7 nitrogen and oxygen atoms in total. The summed E-state index contributed by atoms with van der Waals surface area (Å²) in [7, 11) is 0. The van der Waals surface area contributed by atoms with Crippen LogP contribution < -0.4 is 4.90 Å². The molecule has 2 N–H and O–H groups in total. The average molecular weight is 286 g/mol. The van der Waals surface area contributed by atoms with E-state index in [-0.39, 0.29) is 5.82 Å². The predicted octanol–water partition coefficient (Wildman–Crippen LogP) is 1.41. The first-order valence-corrected chi connectivity index (χ1v) is 6.66. The van der Waals surface area contributed by atoms with Crippen molar-refractivity contribution in [3.8, 4) is 0 Å². The van der Waals surface area contributed by atoms with Crippen molar-refractivity contribution in [1.82, 2.24) is 15.2 Å². The summed E-state index contributed by atoms with van der Waals surface area (Å²) in [5.41, 5.74) is 0.502. The number of carboxylic acids is 1. The zero-order chi connectivity index (χ0) is 14.8. The van der Waals surface area contributed by atoms with Gasteiger partial charge in [-0.3, -0.25) is 19.6 Å². The smallest absolute Gasteiger partial charge is 0.323 e. The lowest BCUT2D eigenvalue weighted by Gasteiger charge is -2.18. The van der Waals surface area contributed by atoms with Crippen LogP contribution >= 0.6 is 0 Å². The maximum Gasteiger partial charge on any atom is 0.323 e. The Morgan fingerprint density at radius 1 is 1.29 bits per heavy atom. The average Bonchev–Trinajstić information content (AvgIpc) is 3.22. The fraction of sp³-hybridized carbons (Fsp3) is 0.286. The summed E-state index contributed by atoms with van der Waals surface area (Å²) in [6.07, 6.45) is 2.08. The van der Waals surface area contributed by atoms with Crippen LogP contribution in [-0.4, -0.2) is 38.7 Å². The van der Waals surface area contributed by atoms with Gasteiger partial charge in [-0.15, -0.1) is 5.10 Å². The van der Waals surface area contributed by atoms with Gasteiger partial charge in [-0.25, -0.2) is 4.98 Å². The number of anilines is 1. The molecule has 1 saturated carbocycles. The van der Waals surface area contributed by atoms with Crippen molar-refractivity contribution in [3.63, 3.8) is 0 Å². The third-order valence-electron chi connectivity index (χ3n) is 3.26. The van der Waals surface area contributed by atoms with E-state index in [1.165, 1.54) is 0 Å². The zero-order valence-electron chi connectivity index (χ0n) is 11.2. The Morgan fingerprint density at radius 2 is 2.00 bits per heavy atom. The number of para-hydroxylation sites is 1. The van der Waals surface area contributed by atoms with E-state index in [0.717, 1.165) is 17.7 Å². The summed E-state index contributed by atoms with van der Waals surface area (Å²) in [6.45, 7) is -0.434. The molecule has 21 heavy (non-hydrogen) atoms. The molecule has 2 aromatic rings. The van der Waals surface area contributed by atoms with Crippen molar-refractivity contribution in [2.24, 2.45) is 0 Å². The molecule has 0 saturated heterocycles. The molecular weight excluding hydrogens is 272 g/mol. The zero-order valence-corrected chi connectivity index (χ0v) is 11.2. The van der Waals surface area contributed by atoms with Crippen molar-refractivity contribution >= 4 is 17.6 Å². The second-order valence-electron chi connectivity index (χ2n) is 4.94. The fourth-order valence-electron chi connectivity index (χ4n) is 2.05. The van der Waals surface area contributed by atoms with Crippen LogP contribution in [0, 0.1) is 0 Å². The highest BCUT2D eigenvalue weighted by atomic mass is 16.4. The van der Waals surface area contributed by atoms with Crippen molar-refractivity contribution in [2.75, 3.05) is 11.4 Å². The highest BCUT2D eigenvalue weighted by Gasteiger charge is 2.30. The Kier molecular flexibility index (Phi) is 3.39. The van der Waals surface area contributed by atoms with Gasteiger partial charge in [0.25, 0.3) is 5.91 Å². The Bertz CT molecular complexity index is 664. The van der Waals surface area contributed by atoms with Gasteiger partial charge in [0.05, 0.1) is 0 Å². The quantitative estimate of drug-likeness (QED) is 0.865. The number of aromatic nitrogens is 3. The van der Waals surface area contributed by atoms with Crippen molar-refractivity contribution < 1.29 is 14.7 Å². The van der Waals surface area contributed by atoms with Gasteiger partial charge in [0.2, 0.25) is 5.82 Å². The molecule has 0 unspecified atom stereocenters. The minimum absolute atomic E-state index is 0.00185. The summed E-state index contributed by atoms with van der Waals surface area (Å²) < 4.78 is 0. The summed E-state index contributed by atoms with van der Waals surface area (Å²) in [6, 6.07) is 8.63. The standard InChI is InChI=1S/C14H14N4O3/c19-11(20)8-18(10-4-2-1-3-5-10)14(21)13-15-12(16-17-13)9-6-7-9/h1-5,9H,6-8H2,(H,19,20)(H,15,16,17). The first-order chi connectivity index (χ1) is 10.1. The van der Waals surface area contributed by atoms with Crippen LogP contribution in [0.1, 0.15) is 35.2 Å². The number of amides is 1. The number of hydrogen-bond donors (Lipinski definition) is 2. The normalized spacial score (nSPS) is 13.9. The molecule has 1 aromatic heterocycles. The molecule has 0 aliphatic heterocycles. The van der Waals surface area contributed by atoms with Gasteiger partial charge in [-0.2, -0.15) is 0 Å². The van der Waals surface area contributed by atoms with Gasteiger partial charge < -0.3 is 5.11 Å². The van der Waals surface area contributed by atoms with Crippen LogP contribution in [0.25, 0.3) is 0 Å². The van der Waals surface area contributed by atoms with Crippen molar-refractivity contribution in [1.29, 1.82) is 0 Å². The number of aromatic amines is 1. The van der Waals surface area contributed by atoms with Crippen LogP contribution in [0.4, 0.5) is 5.69 Å². The molecule has 0 bridgehead atoms. The van der Waals surface area contributed by atoms with Crippen LogP contribution in [0.15, 0.2) is 30.3 Å². The highest BCUT2D eigenvalue weighted by Crippen LogP contribution is 2.37. The molecule has 3 rings (SSSR count). The summed E-state index contributed by atoms with van der Waals surface area (Å²) >= 11 is 0. The van der Waals surface area contributed by atoms with E-state index in [0.29, 0.717) is 17.4 Å². The second-order valence-corrected chi connectivity index (χ2v) is 4.94. The summed E-state index contributed by atoms with van der Waals surface area (Å²) in [5, 5.41) is 15.7. The molecule has 0 atom stereocenters. The third-order valence-corrected chi connectivity index (χ3v) is 3.26. The number of hydrogen-bond acceptors (Lipinski definition) is 4. The van der Waals surface area contributed by atoms with Gasteiger partial charge >= 0.3 is 5.97 Å². The Morgan fingerprint density at radius 3 is 2.62 bits per heavy atom. The first-order valence-electron chi connectivity index (χ1n) is 6.66. The number of carbonyl (C=O) groups is 2. The van der Waals surface area contributed by atoms with E-state index in [4.69, 9.17) is 5.11 Å². The molecule has 1 amide bonds. The van der Waals surface area contributed by atoms with E-state index in [1.54, 1.807) is 30.3 Å². The number of aliphatic carboxylic acids is 1. The van der Waals surface area contributed by atoms with Crippen LogP contribution in [0.3, 0.4) is 0 Å². The number of carbonyl (C=O) groups excluding carboxylic acids is 1. The minimum Gasteiger partial charge on any atom is -0.480 e. The van der Waals surface area contributed by atoms with Gasteiger partial charge in [0, 0.05) is 11.6 Å². The molecule has 1 aliphatic carbocycles. The molecule has 7 heteroatoms. The molecular formula is C14H14N4O3. The van der Waals surface area contributed by atoms with Gasteiger partial charge in [0.1, 0.15) is 12.4 Å². The largest absolute Gasteiger partial charge is 0.480 e. The van der Waals surface area contributed by atoms with E-state index in [9.17, 15) is 9.59 Å². The van der Waals surface area contributed by atoms with E-state index in [1.807, 2.05) is 0 Å². The molecule has 1 heterocycles. The lowest BCUT2D eigenvalue weighted by atomic mass is 10.2. The van der Waals surface area contributed by atoms with E-state index >= 15 is 0 Å². The maximum atomic E-state index is 12.5. The Hall–Kier alpha value is -2.70. The van der Waals surface area contributed by atoms with Gasteiger partial charge in [-0.1, -0.05) is 18.2 Å². The summed E-state index contributed by atoms with van der Waals surface area (Å²) in [5.74, 6) is -0.565. The van der Waals surface area contributed by atoms with Gasteiger partial charge in [0.15, 0.2) is 0 Å². The second kappa shape index (κ2) is 5.35. The molecule has 0 radical (unpaired) electrons. The molecule has 0 spiro atoms. The molecule has 108 valence electrons. The number of nitrogens with one attached hydrogen (secondary N) is 1. The van der Waals surface area contributed by atoms with Crippen LogP contribution in [-0.2, 0) is 4.79 Å². The lowest BCUT2D eigenvalue weighted by Crippen LogP contribution is -2.36. The predicted molar refractivity (Wildman–Crippen MR) is 74.1 cm³/mol. The molecule has 1 aliphatic rings. The fourth-order valence-corrected chi connectivity index (χ4v) is 2.05. The van der Waals surface area contributed by atoms with Crippen LogP contribution in [0.2, 0.25) is 0 Å². The van der Waals surface area contributed by atoms with Crippen LogP contribution in [0.5, 0.6) is 0 Å². The number of H-pyrrole nitrogens is 1.